The molecule has 1 aromatic rings. The first-order valence-corrected chi connectivity index (χ1v) is 9.11. The van der Waals surface area contributed by atoms with Gasteiger partial charge in [0, 0.05) is 22.0 Å². The lowest BCUT2D eigenvalue weighted by Gasteiger charge is -2.18. The molecule has 8 heteroatoms. The van der Waals surface area contributed by atoms with Crippen LogP contribution in [-0.2, 0) is 14.8 Å². The highest BCUT2D eigenvalue weighted by atomic mass is 79.9. The zero-order valence-corrected chi connectivity index (χ0v) is 15.2. The molecule has 1 rings (SSSR count). The average molecular weight is 428 g/mol. The van der Waals surface area contributed by atoms with Gasteiger partial charge in [-0.25, -0.2) is 13.1 Å². The normalized spacial score (nSPS) is 11.4. The molecular formula is C12H16Br2N2O3S. The van der Waals surface area contributed by atoms with Crippen LogP contribution in [0, 0.1) is 0 Å². The molecule has 0 aliphatic carbocycles. The fourth-order valence-electron chi connectivity index (χ4n) is 1.62. The standard InChI is InChI=1S/C12H16Br2N2O3S/c1-3-16(4-2)12(17)8-15-20(18,19)11-6-5-9(13)7-10(11)14/h5-7,15H,3-4,8H2,1-2H3. The number of nitrogens with zero attached hydrogens (tertiary/aromatic N) is 1. The average Bonchev–Trinajstić information content (AvgIpc) is 2.37. The predicted octanol–water partition coefficient (Wildman–Crippen LogP) is 2.36. The number of likely N-dealkylation sites (N-methyl/N-ethyl adjacent to an activating group) is 1. The van der Waals surface area contributed by atoms with Crippen molar-refractivity contribution in [2.24, 2.45) is 0 Å². The van der Waals surface area contributed by atoms with E-state index in [1.54, 1.807) is 17.0 Å². The smallest absolute Gasteiger partial charge is 0.242 e. The minimum atomic E-state index is -3.72. The van der Waals surface area contributed by atoms with Gasteiger partial charge in [-0.2, -0.15) is 0 Å². The van der Waals surface area contributed by atoms with Crippen LogP contribution in [0.3, 0.4) is 0 Å². The van der Waals surface area contributed by atoms with Gasteiger partial charge < -0.3 is 4.90 Å². The number of carbonyl (C=O) groups is 1. The molecule has 0 saturated carbocycles. The van der Waals surface area contributed by atoms with E-state index in [2.05, 4.69) is 36.6 Å². The molecule has 0 saturated heterocycles. The summed E-state index contributed by atoms with van der Waals surface area (Å²) in [6.45, 7) is 4.56. The molecule has 0 radical (unpaired) electrons. The topological polar surface area (TPSA) is 66.5 Å². The Bertz CT molecular complexity index is 586. The Hall–Kier alpha value is -0.440. The second-order valence-corrected chi connectivity index (χ2v) is 7.47. The van der Waals surface area contributed by atoms with Crippen LogP contribution in [0.2, 0.25) is 0 Å². The van der Waals surface area contributed by atoms with Crippen molar-refractivity contribution in [3.63, 3.8) is 0 Å². The molecule has 1 N–H and O–H groups in total. The number of rotatable bonds is 6. The lowest BCUT2D eigenvalue weighted by molar-refractivity contribution is -0.129. The lowest BCUT2D eigenvalue weighted by Crippen LogP contribution is -2.40. The third-order valence-corrected chi connectivity index (χ3v) is 5.58. The second kappa shape index (κ2) is 7.53. The molecule has 0 unspecified atom stereocenters. The molecule has 1 aromatic carbocycles. The lowest BCUT2D eigenvalue weighted by atomic mass is 10.4. The summed E-state index contributed by atoms with van der Waals surface area (Å²) in [6, 6.07) is 4.74. The fourth-order valence-corrected chi connectivity index (χ4v) is 4.33. The second-order valence-electron chi connectivity index (χ2n) is 3.97. The Balaban J connectivity index is 2.83. The zero-order valence-electron chi connectivity index (χ0n) is 11.2. The van der Waals surface area contributed by atoms with Crippen molar-refractivity contribution in [2.75, 3.05) is 19.6 Å². The van der Waals surface area contributed by atoms with E-state index in [-0.39, 0.29) is 17.3 Å². The molecule has 0 fully saturated rings. The van der Waals surface area contributed by atoms with E-state index in [0.717, 1.165) is 4.47 Å². The van der Waals surface area contributed by atoms with Gasteiger partial charge in [-0.3, -0.25) is 4.79 Å². The Morgan fingerprint density at radius 2 is 1.85 bits per heavy atom. The third-order valence-electron chi connectivity index (χ3n) is 2.71. The van der Waals surface area contributed by atoms with Crippen LogP contribution in [0.15, 0.2) is 32.0 Å². The molecule has 0 heterocycles. The SMILES string of the molecule is CCN(CC)C(=O)CNS(=O)(=O)c1ccc(Br)cc1Br. The molecule has 5 nitrogen and oxygen atoms in total. The predicted molar refractivity (Wildman–Crippen MR) is 85.0 cm³/mol. The van der Waals surface area contributed by atoms with Crippen LogP contribution in [0.5, 0.6) is 0 Å². The van der Waals surface area contributed by atoms with E-state index in [1.807, 2.05) is 13.8 Å². The number of hydrogen-bond donors (Lipinski definition) is 1. The summed E-state index contributed by atoms with van der Waals surface area (Å²) in [5.74, 6) is -0.244. The van der Waals surface area contributed by atoms with Crippen LogP contribution >= 0.6 is 31.9 Å². The Morgan fingerprint density at radius 3 is 2.35 bits per heavy atom. The highest BCUT2D eigenvalue weighted by Gasteiger charge is 2.20. The van der Waals surface area contributed by atoms with Crippen molar-refractivity contribution < 1.29 is 13.2 Å². The number of benzene rings is 1. The van der Waals surface area contributed by atoms with Gasteiger partial charge in [-0.1, -0.05) is 15.9 Å². The number of halogens is 2. The minimum absolute atomic E-state index is 0.105. The van der Waals surface area contributed by atoms with Gasteiger partial charge in [0.1, 0.15) is 0 Å². The third kappa shape index (κ3) is 4.54. The Kier molecular flexibility index (Phi) is 6.63. The highest BCUT2D eigenvalue weighted by molar-refractivity contribution is 9.11. The summed E-state index contributed by atoms with van der Waals surface area (Å²) in [4.78, 5) is 13.5. The van der Waals surface area contributed by atoms with Crippen molar-refractivity contribution in [1.82, 2.24) is 9.62 Å². The van der Waals surface area contributed by atoms with Crippen LogP contribution < -0.4 is 4.72 Å². The first-order valence-electron chi connectivity index (χ1n) is 6.04. The molecule has 1 amide bonds. The molecule has 0 bridgehead atoms. The molecule has 20 heavy (non-hydrogen) atoms. The first kappa shape index (κ1) is 17.6. The van der Waals surface area contributed by atoms with Gasteiger partial charge in [-0.05, 0) is 48.0 Å². The van der Waals surface area contributed by atoms with Crippen LogP contribution in [0.1, 0.15) is 13.8 Å². The largest absolute Gasteiger partial charge is 0.342 e. The summed E-state index contributed by atoms with van der Waals surface area (Å²) in [5, 5.41) is 0. The van der Waals surface area contributed by atoms with E-state index < -0.39 is 10.0 Å². The van der Waals surface area contributed by atoms with Crippen molar-refractivity contribution in [3.8, 4) is 0 Å². The molecule has 0 aromatic heterocycles. The van der Waals surface area contributed by atoms with Crippen molar-refractivity contribution in [2.45, 2.75) is 18.7 Å². The van der Waals surface area contributed by atoms with Gasteiger partial charge in [-0.15, -0.1) is 0 Å². The summed E-state index contributed by atoms with van der Waals surface area (Å²) >= 11 is 6.46. The number of hydrogen-bond acceptors (Lipinski definition) is 3. The van der Waals surface area contributed by atoms with Crippen LogP contribution in [-0.4, -0.2) is 38.9 Å². The maximum absolute atomic E-state index is 12.1. The zero-order chi connectivity index (χ0) is 15.3. The Morgan fingerprint density at radius 1 is 1.25 bits per heavy atom. The van der Waals surface area contributed by atoms with E-state index in [1.165, 1.54) is 6.07 Å². The monoisotopic (exact) mass is 426 g/mol. The first-order chi connectivity index (χ1) is 9.31. The van der Waals surface area contributed by atoms with E-state index in [0.29, 0.717) is 17.6 Å². The number of amides is 1. The minimum Gasteiger partial charge on any atom is -0.342 e. The van der Waals surface area contributed by atoms with Gasteiger partial charge >= 0.3 is 0 Å². The van der Waals surface area contributed by atoms with Crippen molar-refractivity contribution in [3.05, 3.63) is 27.1 Å². The van der Waals surface area contributed by atoms with Gasteiger partial charge in [0.05, 0.1) is 11.4 Å². The van der Waals surface area contributed by atoms with Crippen molar-refractivity contribution in [1.29, 1.82) is 0 Å². The van der Waals surface area contributed by atoms with E-state index in [9.17, 15) is 13.2 Å². The molecule has 0 atom stereocenters. The summed E-state index contributed by atoms with van der Waals surface area (Å²) < 4.78 is 27.8. The number of sulfonamides is 1. The van der Waals surface area contributed by atoms with Gasteiger partial charge in [0.15, 0.2) is 0 Å². The van der Waals surface area contributed by atoms with E-state index in [4.69, 9.17) is 0 Å². The number of carbonyl (C=O) groups excluding carboxylic acids is 1. The van der Waals surface area contributed by atoms with E-state index >= 15 is 0 Å². The summed E-state index contributed by atoms with van der Waals surface area (Å²) in [5.41, 5.74) is 0. The highest BCUT2D eigenvalue weighted by Crippen LogP contribution is 2.25. The Labute approximate surface area is 136 Å². The molecule has 112 valence electrons. The van der Waals surface area contributed by atoms with Gasteiger partial charge in [0.2, 0.25) is 15.9 Å². The molecule has 0 aliphatic rings. The van der Waals surface area contributed by atoms with Crippen molar-refractivity contribution >= 4 is 47.8 Å². The number of nitrogens with one attached hydrogen (secondary N) is 1. The molecular weight excluding hydrogens is 412 g/mol. The van der Waals surface area contributed by atoms with Crippen LogP contribution in [0.25, 0.3) is 0 Å². The summed E-state index contributed by atoms with van der Waals surface area (Å²) in [6.07, 6.45) is 0. The molecule has 0 spiro atoms. The summed E-state index contributed by atoms with van der Waals surface area (Å²) in [7, 11) is -3.72. The van der Waals surface area contributed by atoms with Crippen LogP contribution in [0.4, 0.5) is 0 Å². The maximum Gasteiger partial charge on any atom is 0.242 e. The maximum atomic E-state index is 12.1. The van der Waals surface area contributed by atoms with Gasteiger partial charge in [0.25, 0.3) is 0 Å². The molecule has 0 aliphatic heterocycles. The fraction of sp³-hybridized carbons (Fsp3) is 0.417. The quantitative estimate of drug-likeness (QED) is 0.757.